The Morgan fingerprint density at radius 2 is 1.18 bits per heavy atom. The molecule has 0 amide bonds. The molecule has 186 valence electrons. The van der Waals surface area contributed by atoms with Crippen LogP contribution in [0.3, 0.4) is 0 Å². The van der Waals surface area contributed by atoms with Gasteiger partial charge in [0.25, 0.3) is 8.32 Å². The Hall–Kier alpha value is -2.02. The molecule has 34 heavy (non-hydrogen) atoms. The Balaban J connectivity index is 2.35. The third-order valence-electron chi connectivity index (χ3n) is 6.25. The monoisotopic (exact) mass is 482 g/mol. The molecule has 0 aliphatic rings. The summed E-state index contributed by atoms with van der Waals surface area (Å²) in [6.07, 6.45) is 2.80. The predicted octanol–water partition coefficient (Wildman–Crippen LogP) is 4.34. The van der Waals surface area contributed by atoms with Crippen LogP contribution in [0, 0.1) is 0 Å². The summed E-state index contributed by atoms with van der Waals surface area (Å²) in [4.78, 5) is 0. The number of aliphatic hydroxyl groups excluding tert-OH is 3. The molecule has 3 N–H and O–H groups in total. The number of hydrogen-bond acceptors (Lipinski definition) is 4. The zero-order chi connectivity index (χ0) is 25.2. The van der Waals surface area contributed by atoms with Crippen molar-refractivity contribution in [1.82, 2.24) is 0 Å². The van der Waals surface area contributed by atoms with Crippen LogP contribution in [-0.4, -0.2) is 48.1 Å². The van der Waals surface area contributed by atoms with Gasteiger partial charge in [0.2, 0.25) is 0 Å². The van der Waals surface area contributed by atoms with Crippen LogP contribution >= 0.6 is 0 Å². The number of hydrogen-bond donors (Lipinski definition) is 3. The van der Waals surface area contributed by atoms with E-state index >= 15 is 0 Å². The van der Waals surface area contributed by atoms with Gasteiger partial charge in [-0.15, -0.1) is 13.2 Å². The molecule has 0 aromatic heterocycles. The average molecular weight is 483 g/mol. The Labute approximate surface area is 206 Å². The maximum Gasteiger partial charge on any atom is 0.261 e. The van der Waals surface area contributed by atoms with Crippen molar-refractivity contribution in [1.29, 1.82) is 0 Å². The Bertz CT molecular complexity index is 823. The summed E-state index contributed by atoms with van der Waals surface area (Å²) >= 11 is 0. The second-order valence-corrected chi connectivity index (χ2v) is 14.4. The Kier molecular flexibility index (Phi) is 10.9. The molecule has 0 heterocycles. The summed E-state index contributed by atoms with van der Waals surface area (Å²) in [5.41, 5.74) is 0. The molecular formula is C29H42O4Si. The minimum absolute atomic E-state index is 0.172. The van der Waals surface area contributed by atoms with Crippen LogP contribution in [0.5, 0.6) is 0 Å². The zero-order valence-electron chi connectivity index (χ0n) is 20.9. The Morgan fingerprint density at radius 3 is 1.62 bits per heavy atom. The van der Waals surface area contributed by atoms with Gasteiger partial charge in [0.05, 0.1) is 24.4 Å². The second-order valence-electron chi connectivity index (χ2n) is 10.1. The summed E-state index contributed by atoms with van der Waals surface area (Å²) in [6.45, 7) is 14.2. The van der Waals surface area contributed by atoms with E-state index in [1.54, 1.807) is 6.08 Å². The first kappa shape index (κ1) is 28.2. The summed E-state index contributed by atoms with van der Waals surface area (Å²) in [6, 6.07) is 20.8. The molecule has 2 aromatic rings. The van der Waals surface area contributed by atoms with Gasteiger partial charge >= 0.3 is 0 Å². The zero-order valence-corrected chi connectivity index (χ0v) is 21.9. The minimum Gasteiger partial charge on any atom is -0.404 e. The van der Waals surface area contributed by atoms with Crippen LogP contribution in [0.2, 0.25) is 5.04 Å². The van der Waals surface area contributed by atoms with E-state index in [-0.39, 0.29) is 24.0 Å². The lowest BCUT2D eigenvalue weighted by molar-refractivity contribution is 0.0225. The quantitative estimate of drug-likeness (QED) is 0.277. The third-order valence-corrected chi connectivity index (χ3v) is 11.3. The fraction of sp³-hybridized carbons (Fsp3) is 0.448. The van der Waals surface area contributed by atoms with Gasteiger partial charge in [-0.2, -0.15) is 0 Å². The third kappa shape index (κ3) is 7.49. The predicted molar refractivity (Wildman–Crippen MR) is 144 cm³/mol. The standard InChI is InChI=1S/C29H42O4Si/c1-6-14-23(30)20-24(31)21-25(32)22-26(15-7-2)33-34(29(3,4)5,27-16-10-8-11-17-27)28-18-12-9-13-19-28/h6-13,16-19,23-26,30-32H,1-2,14-15,20-22H2,3-5H3/t23-,24+,25-,26-/m0/s1. The summed E-state index contributed by atoms with van der Waals surface area (Å²) in [5, 5.41) is 33.4. The average Bonchev–Trinajstić information content (AvgIpc) is 2.77. The normalized spacial score (nSPS) is 15.8. The van der Waals surface area contributed by atoms with E-state index in [9.17, 15) is 15.3 Å². The molecule has 0 fully saturated rings. The molecule has 0 aliphatic carbocycles. The van der Waals surface area contributed by atoms with E-state index in [1.165, 1.54) is 10.4 Å². The first-order valence-corrected chi connectivity index (χ1v) is 14.1. The van der Waals surface area contributed by atoms with Gasteiger partial charge in [0.15, 0.2) is 0 Å². The molecule has 0 aliphatic heterocycles. The Morgan fingerprint density at radius 1 is 0.735 bits per heavy atom. The molecule has 0 bridgehead atoms. The maximum atomic E-state index is 10.8. The summed E-state index contributed by atoms with van der Waals surface area (Å²) in [7, 11) is -2.77. The van der Waals surface area contributed by atoms with Crippen LogP contribution in [0.25, 0.3) is 0 Å². The highest BCUT2D eigenvalue weighted by molar-refractivity contribution is 6.99. The lowest BCUT2D eigenvalue weighted by Crippen LogP contribution is -2.67. The van der Waals surface area contributed by atoms with Crippen molar-refractivity contribution < 1.29 is 19.7 Å². The molecule has 0 spiro atoms. The molecular weight excluding hydrogens is 440 g/mol. The van der Waals surface area contributed by atoms with E-state index in [0.717, 1.165) is 0 Å². The fourth-order valence-electron chi connectivity index (χ4n) is 4.73. The maximum absolute atomic E-state index is 10.8. The van der Waals surface area contributed by atoms with Crippen LogP contribution in [0.15, 0.2) is 86.0 Å². The highest BCUT2D eigenvalue weighted by Gasteiger charge is 2.51. The van der Waals surface area contributed by atoms with Crippen molar-refractivity contribution in [3.63, 3.8) is 0 Å². The lowest BCUT2D eigenvalue weighted by Gasteiger charge is -2.45. The first-order valence-electron chi connectivity index (χ1n) is 12.2. The summed E-state index contributed by atoms with van der Waals surface area (Å²) < 4.78 is 7.15. The van der Waals surface area contributed by atoms with Gasteiger partial charge in [-0.05, 0) is 47.5 Å². The fourth-order valence-corrected chi connectivity index (χ4v) is 9.44. The largest absolute Gasteiger partial charge is 0.404 e. The second kappa shape index (κ2) is 13.2. The van der Waals surface area contributed by atoms with E-state index < -0.39 is 26.6 Å². The van der Waals surface area contributed by atoms with Gasteiger partial charge in [-0.25, -0.2) is 0 Å². The minimum atomic E-state index is -2.77. The van der Waals surface area contributed by atoms with Crippen LogP contribution in [0.1, 0.15) is 52.9 Å². The molecule has 2 aromatic carbocycles. The van der Waals surface area contributed by atoms with E-state index in [4.69, 9.17) is 4.43 Å². The number of benzene rings is 2. The molecule has 4 atom stereocenters. The molecule has 5 heteroatoms. The van der Waals surface area contributed by atoms with Gasteiger partial charge < -0.3 is 19.7 Å². The topological polar surface area (TPSA) is 69.9 Å². The molecule has 0 unspecified atom stereocenters. The number of aliphatic hydroxyl groups is 3. The molecule has 4 nitrogen and oxygen atoms in total. The smallest absolute Gasteiger partial charge is 0.261 e. The van der Waals surface area contributed by atoms with E-state index in [0.29, 0.717) is 19.3 Å². The van der Waals surface area contributed by atoms with Crippen molar-refractivity contribution in [2.24, 2.45) is 0 Å². The molecule has 0 radical (unpaired) electrons. The van der Waals surface area contributed by atoms with Crippen molar-refractivity contribution in [2.45, 2.75) is 82.3 Å². The number of rotatable bonds is 14. The van der Waals surface area contributed by atoms with E-state index in [1.807, 2.05) is 18.2 Å². The van der Waals surface area contributed by atoms with Gasteiger partial charge in [-0.1, -0.05) is 93.6 Å². The highest BCUT2D eigenvalue weighted by Crippen LogP contribution is 2.38. The SMILES string of the molecule is C=CC[C@H](O)C[C@@H](O)C[C@H](O)C[C@H](CC=C)O[Si](c1ccccc1)(c1ccccc1)C(C)(C)C. The van der Waals surface area contributed by atoms with Crippen molar-refractivity contribution in [2.75, 3.05) is 0 Å². The van der Waals surface area contributed by atoms with Gasteiger partial charge in [0, 0.05) is 0 Å². The highest BCUT2D eigenvalue weighted by atomic mass is 28.4. The van der Waals surface area contributed by atoms with Crippen molar-refractivity contribution in [3.05, 3.63) is 86.0 Å². The van der Waals surface area contributed by atoms with Crippen molar-refractivity contribution in [3.8, 4) is 0 Å². The van der Waals surface area contributed by atoms with Gasteiger partial charge in [-0.3, -0.25) is 0 Å². The summed E-state index contributed by atoms with van der Waals surface area (Å²) in [5.74, 6) is 0. The van der Waals surface area contributed by atoms with Gasteiger partial charge in [0.1, 0.15) is 0 Å². The van der Waals surface area contributed by atoms with Crippen LogP contribution < -0.4 is 10.4 Å². The van der Waals surface area contributed by atoms with Crippen LogP contribution in [-0.2, 0) is 4.43 Å². The first-order chi connectivity index (χ1) is 16.1. The van der Waals surface area contributed by atoms with Crippen LogP contribution in [0.4, 0.5) is 0 Å². The molecule has 2 rings (SSSR count). The van der Waals surface area contributed by atoms with Crippen molar-refractivity contribution >= 4 is 18.7 Å². The molecule has 0 saturated heterocycles. The lowest BCUT2D eigenvalue weighted by atomic mass is 9.99. The van der Waals surface area contributed by atoms with E-state index in [2.05, 4.69) is 82.5 Å². The molecule has 0 saturated carbocycles.